The highest BCUT2D eigenvalue weighted by Crippen LogP contribution is 2.35. The summed E-state index contributed by atoms with van der Waals surface area (Å²) in [7, 11) is 0. The van der Waals surface area contributed by atoms with Crippen molar-refractivity contribution in [2.75, 3.05) is 0 Å². The molecule has 0 aliphatic rings. The molecule has 0 fully saturated rings. The van der Waals surface area contributed by atoms with Crippen LogP contribution in [-0.4, -0.2) is 11.1 Å². The van der Waals surface area contributed by atoms with Crippen molar-refractivity contribution < 1.29 is 15.0 Å². The van der Waals surface area contributed by atoms with Gasteiger partial charge in [-0.05, 0) is 46.9 Å². The Morgan fingerprint density at radius 1 is 1.14 bits per heavy atom. The molecular weight excluding hydrogens is 276 g/mol. The van der Waals surface area contributed by atoms with Gasteiger partial charge < -0.3 is 15.0 Å². The molecule has 0 atom stereocenters. The normalized spacial score (nSPS) is 13.8. The maximum atomic E-state index is 11.2. The smallest absolute Gasteiger partial charge is 0.119 e. The summed E-state index contributed by atoms with van der Waals surface area (Å²) < 4.78 is 0. The topological polar surface area (TPSA) is 60.4 Å². The molecule has 0 saturated heterocycles. The van der Waals surface area contributed by atoms with Crippen LogP contribution >= 0.6 is 0 Å². The Morgan fingerprint density at radius 3 is 2.09 bits per heavy atom. The van der Waals surface area contributed by atoms with E-state index in [1.165, 1.54) is 0 Å². The van der Waals surface area contributed by atoms with Crippen LogP contribution in [-0.2, 0) is 16.6 Å². The predicted molar refractivity (Wildman–Crippen MR) is 87.7 cm³/mol. The standard InChI is InChI=1S/C19H28O3/c1-12(17(21)22)14(18(2,3)4)10-13-8-9-16(20)15(11-13)19(5,6)7/h8-9,11,20H,10H2,1-7H3,(H,21,22)/p-1/b14-12-. The number of rotatable bonds is 3. The first kappa shape index (κ1) is 18.3. The summed E-state index contributed by atoms with van der Waals surface area (Å²) >= 11 is 0. The monoisotopic (exact) mass is 303 g/mol. The van der Waals surface area contributed by atoms with E-state index in [0.29, 0.717) is 6.42 Å². The number of phenolic OH excluding ortho intramolecular Hbond substituents is 1. The number of carboxylic acid groups (broad SMARTS) is 1. The minimum absolute atomic E-state index is 0.172. The molecule has 3 nitrogen and oxygen atoms in total. The third-order valence-electron chi connectivity index (χ3n) is 3.91. The van der Waals surface area contributed by atoms with E-state index in [2.05, 4.69) is 0 Å². The number of aliphatic carboxylic acids is 1. The van der Waals surface area contributed by atoms with E-state index in [1.807, 2.05) is 53.7 Å². The van der Waals surface area contributed by atoms with Gasteiger partial charge in [-0.3, -0.25) is 0 Å². The number of carbonyl (C=O) groups is 1. The quantitative estimate of drug-likeness (QED) is 0.871. The number of carboxylic acids is 1. The number of carbonyl (C=O) groups excluding carboxylic acids is 1. The molecule has 1 N–H and O–H groups in total. The molecule has 1 aromatic rings. The zero-order chi connectivity index (χ0) is 17.3. The molecule has 0 unspecified atom stereocenters. The summed E-state index contributed by atoms with van der Waals surface area (Å²) in [6.07, 6.45) is 0.534. The molecule has 0 radical (unpaired) electrons. The summed E-state index contributed by atoms with van der Waals surface area (Å²) in [5.74, 6) is -0.853. The van der Waals surface area contributed by atoms with Crippen molar-refractivity contribution in [2.24, 2.45) is 5.41 Å². The molecule has 3 heteroatoms. The van der Waals surface area contributed by atoms with Gasteiger partial charge in [0.15, 0.2) is 0 Å². The molecule has 122 valence electrons. The van der Waals surface area contributed by atoms with Crippen LogP contribution in [0.2, 0.25) is 0 Å². The van der Waals surface area contributed by atoms with Crippen LogP contribution in [0.4, 0.5) is 0 Å². The van der Waals surface area contributed by atoms with Gasteiger partial charge in [-0.25, -0.2) is 0 Å². The SMILES string of the molecule is C/C(C(=O)[O-])=C(\Cc1ccc(O)c(C(C)(C)C)c1)C(C)(C)C. The Kier molecular flexibility index (Phi) is 5.11. The van der Waals surface area contributed by atoms with Crippen molar-refractivity contribution in [2.45, 2.75) is 60.3 Å². The van der Waals surface area contributed by atoms with Crippen molar-refractivity contribution in [3.63, 3.8) is 0 Å². The zero-order valence-corrected chi connectivity index (χ0v) is 14.7. The Balaban J connectivity index is 3.33. The van der Waals surface area contributed by atoms with Crippen LogP contribution in [0, 0.1) is 5.41 Å². The van der Waals surface area contributed by atoms with Gasteiger partial charge in [-0.15, -0.1) is 0 Å². The molecule has 0 heterocycles. The third-order valence-corrected chi connectivity index (χ3v) is 3.91. The number of benzene rings is 1. The second-order valence-corrected chi connectivity index (χ2v) is 7.92. The number of hydrogen-bond donors (Lipinski definition) is 1. The molecule has 0 aromatic heterocycles. The number of allylic oxidation sites excluding steroid dienone is 1. The minimum atomic E-state index is -1.13. The van der Waals surface area contributed by atoms with Crippen LogP contribution in [0.25, 0.3) is 0 Å². The lowest BCUT2D eigenvalue weighted by molar-refractivity contribution is -0.299. The fourth-order valence-corrected chi connectivity index (χ4v) is 2.58. The highest BCUT2D eigenvalue weighted by Gasteiger charge is 2.22. The first-order chi connectivity index (χ1) is 9.84. The Bertz CT molecular complexity index is 596. The van der Waals surface area contributed by atoms with E-state index >= 15 is 0 Å². The van der Waals surface area contributed by atoms with Gasteiger partial charge in [0, 0.05) is 0 Å². The van der Waals surface area contributed by atoms with E-state index in [9.17, 15) is 15.0 Å². The second kappa shape index (κ2) is 6.15. The van der Waals surface area contributed by atoms with Crippen LogP contribution < -0.4 is 5.11 Å². The minimum Gasteiger partial charge on any atom is -0.545 e. The van der Waals surface area contributed by atoms with Crippen molar-refractivity contribution >= 4 is 5.97 Å². The van der Waals surface area contributed by atoms with E-state index < -0.39 is 5.97 Å². The van der Waals surface area contributed by atoms with E-state index in [0.717, 1.165) is 16.7 Å². The van der Waals surface area contributed by atoms with Crippen LogP contribution in [0.15, 0.2) is 29.3 Å². The van der Waals surface area contributed by atoms with Gasteiger partial charge in [0.05, 0.1) is 5.97 Å². The lowest BCUT2D eigenvalue weighted by atomic mass is 9.79. The molecule has 22 heavy (non-hydrogen) atoms. The lowest BCUT2D eigenvalue weighted by Gasteiger charge is -2.27. The molecule has 1 rings (SSSR count). The van der Waals surface area contributed by atoms with Crippen molar-refractivity contribution in [3.8, 4) is 5.75 Å². The average Bonchev–Trinajstić information content (AvgIpc) is 2.33. The predicted octanol–water partition coefficient (Wildman–Crippen LogP) is 3.34. The molecule has 0 amide bonds. The first-order valence-corrected chi connectivity index (χ1v) is 7.58. The Labute approximate surface area is 133 Å². The van der Waals surface area contributed by atoms with Crippen LogP contribution in [0.3, 0.4) is 0 Å². The van der Waals surface area contributed by atoms with E-state index in [4.69, 9.17) is 0 Å². The van der Waals surface area contributed by atoms with Gasteiger partial charge in [-0.1, -0.05) is 59.2 Å². The van der Waals surface area contributed by atoms with Gasteiger partial charge in [0.1, 0.15) is 5.75 Å². The molecule has 0 bridgehead atoms. The average molecular weight is 303 g/mol. The molecule has 0 saturated carbocycles. The van der Waals surface area contributed by atoms with Gasteiger partial charge in [-0.2, -0.15) is 0 Å². The van der Waals surface area contributed by atoms with Gasteiger partial charge >= 0.3 is 0 Å². The lowest BCUT2D eigenvalue weighted by Crippen LogP contribution is -2.27. The highest BCUT2D eigenvalue weighted by molar-refractivity contribution is 5.85. The van der Waals surface area contributed by atoms with Crippen molar-refractivity contribution in [1.82, 2.24) is 0 Å². The molecule has 0 aliphatic carbocycles. The summed E-state index contributed by atoms with van der Waals surface area (Å²) in [5.41, 5.74) is 2.56. The Hall–Kier alpha value is -1.77. The zero-order valence-electron chi connectivity index (χ0n) is 14.7. The maximum absolute atomic E-state index is 11.2. The Morgan fingerprint density at radius 2 is 1.68 bits per heavy atom. The molecule has 0 aliphatic heterocycles. The van der Waals surface area contributed by atoms with E-state index in [1.54, 1.807) is 13.0 Å². The number of aromatic hydroxyl groups is 1. The highest BCUT2D eigenvalue weighted by atomic mass is 16.4. The largest absolute Gasteiger partial charge is 0.545 e. The number of phenols is 1. The second-order valence-electron chi connectivity index (χ2n) is 7.92. The van der Waals surface area contributed by atoms with Crippen molar-refractivity contribution in [3.05, 3.63) is 40.5 Å². The van der Waals surface area contributed by atoms with Gasteiger partial charge in [0.25, 0.3) is 0 Å². The number of hydrogen-bond acceptors (Lipinski definition) is 3. The molecule has 1 aromatic carbocycles. The van der Waals surface area contributed by atoms with Crippen molar-refractivity contribution in [1.29, 1.82) is 0 Å². The molecule has 0 spiro atoms. The fraction of sp³-hybridized carbons (Fsp3) is 0.526. The van der Waals surface area contributed by atoms with Gasteiger partial charge in [0.2, 0.25) is 0 Å². The fourth-order valence-electron chi connectivity index (χ4n) is 2.58. The summed E-state index contributed by atoms with van der Waals surface area (Å²) in [4.78, 5) is 11.2. The summed E-state index contributed by atoms with van der Waals surface area (Å²) in [5, 5.41) is 21.3. The molecular formula is C19H27O3-. The third kappa shape index (κ3) is 4.36. The van der Waals surface area contributed by atoms with Crippen LogP contribution in [0.5, 0.6) is 5.75 Å². The summed E-state index contributed by atoms with van der Waals surface area (Å²) in [6.45, 7) is 13.7. The van der Waals surface area contributed by atoms with Crippen LogP contribution in [0.1, 0.15) is 59.6 Å². The summed E-state index contributed by atoms with van der Waals surface area (Å²) in [6, 6.07) is 5.49. The van der Waals surface area contributed by atoms with E-state index in [-0.39, 0.29) is 22.2 Å². The maximum Gasteiger partial charge on any atom is 0.119 e. The first-order valence-electron chi connectivity index (χ1n) is 7.58.